The summed E-state index contributed by atoms with van der Waals surface area (Å²) in [6, 6.07) is 12.7. The van der Waals surface area contributed by atoms with Crippen molar-refractivity contribution >= 4 is 21.8 Å². The van der Waals surface area contributed by atoms with Gasteiger partial charge in [-0.1, -0.05) is 30.3 Å². The molecule has 2 rings (SSSR count). The van der Waals surface area contributed by atoms with Crippen LogP contribution in [0.3, 0.4) is 0 Å². The summed E-state index contributed by atoms with van der Waals surface area (Å²) in [4.78, 5) is 12.0. The van der Waals surface area contributed by atoms with Gasteiger partial charge in [-0.05, 0) is 39.7 Å². The number of amides is 1. The Labute approximate surface area is 124 Å². The second-order valence-corrected chi connectivity index (χ2v) is 5.10. The van der Waals surface area contributed by atoms with Crippen LogP contribution in [0.4, 0.5) is 4.39 Å². The SMILES string of the molecule is O=C(N[C@H](CO)c1ccccc1)c1ccc(Br)c(F)c1. The van der Waals surface area contributed by atoms with Crippen LogP contribution in [-0.4, -0.2) is 17.6 Å². The summed E-state index contributed by atoms with van der Waals surface area (Å²) in [5, 5.41) is 12.1. The first-order valence-corrected chi connectivity index (χ1v) is 6.83. The molecule has 0 spiro atoms. The average Bonchev–Trinajstić information content (AvgIpc) is 2.48. The van der Waals surface area contributed by atoms with Crippen LogP contribution in [0.25, 0.3) is 0 Å². The molecule has 2 N–H and O–H groups in total. The Kier molecular flexibility index (Phi) is 4.87. The highest BCUT2D eigenvalue weighted by Crippen LogP contribution is 2.17. The number of aliphatic hydroxyl groups excluding tert-OH is 1. The van der Waals surface area contributed by atoms with Crippen molar-refractivity contribution in [3.05, 3.63) is 69.9 Å². The topological polar surface area (TPSA) is 49.3 Å². The van der Waals surface area contributed by atoms with E-state index >= 15 is 0 Å². The van der Waals surface area contributed by atoms with E-state index in [1.807, 2.05) is 30.3 Å². The van der Waals surface area contributed by atoms with Gasteiger partial charge in [0, 0.05) is 5.56 Å². The zero-order chi connectivity index (χ0) is 14.5. The van der Waals surface area contributed by atoms with E-state index in [1.165, 1.54) is 12.1 Å². The van der Waals surface area contributed by atoms with Crippen molar-refractivity contribution in [2.75, 3.05) is 6.61 Å². The van der Waals surface area contributed by atoms with Gasteiger partial charge in [-0.2, -0.15) is 0 Å². The van der Waals surface area contributed by atoms with E-state index in [-0.39, 0.29) is 12.2 Å². The highest BCUT2D eigenvalue weighted by molar-refractivity contribution is 9.10. The summed E-state index contributed by atoms with van der Waals surface area (Å²) >= 11 is 3.03. The molecule has 0 aliphatic rings. The summed E-state index contributed by atoms with van der Waals surface area (Å²) in [6.07, 6.45) is 0. The van der Waals surface area contributed by atoms with Gasteiger partial charge < -0.3 is 10.4 Å². The minimum absolute atomic E-state index is 0.208. The minimum Gasteiger partial charge on any atom is -0.394 e. The second kappa shape index (κ2) is 6.63. The Morgan fingerprint density at radius 1 is 1.25 bits per heavy atom. The van der Waals surface area contributed by atoms with Gasteiger partial charge >= 0.3 is 0 Å². The Bertz CT molecular complexity index is 604. The Hall–Kier alpha value is -1.72. The first-order chi connectivity index (χ1) is 9.61. The predicted octanol–water partition coefficient (Wildman–Crippen LogP) is 3.05. The lowest BCUT2D eigenvalue weighted by Gasteiger charge is -2.16. The van der Waals surface area contributed by atoms with Gasteiger partial charge in [0.15, 0.2) is 0 Å². The molecule has 1 amide bonds. The van der Waals surface area contributed by atoms with Crippen LogP contribution >= 0.6 is 15.9 Å². The van der Waals surface area contributed by atoms with Gasteiger partial charge in [-0.3, -0.25) is 4.79 Å². The van der Waals surface area contributed by atoms with E-state index < -0.39 is 17.8 Å². The molecule has 20 heavy (non-hydrogen) atoms. The largest absolute Gasteiger partial charge is 0.394 e. The number of hydrogen-bond acceptors (Lipinski definition) is 2. The maximum atomic E-state index is 13.4. The molecule has 0 bridgehead atoms. The first kappa shape index (κ1) is 14.7. The number of halogens is 2. The van der Waals surface area contributed by atoms with Crippen LogP contribution in [-0.2, 0) is 0 Å². The van der Waals surface area contributed by atoms with Gasteiger partial charge in [0.25, 0.3) is 5.91 Å². The number of benzene rings is 2. The van der Waals surface area contributed by atoms with E-state index in [9.17, 15) is 14.3 Å². The number of hydrogen-bond donors (Lipinski definition) is 2. The molecule has 5 heteroatoms. The van der Waals surface area contributed by atoms with E-state index in [2.05, 4.69) is 21.2 Å². The highest BCUT2D eigenvalue weighted by atomic mass is 79.9. The third kappa shape index (κ3) is 3.43. The van der Waals surface area contributed by atoms with Crippen LogP contribution in [0, 0.1) is 5.82 Å². The van der Waals surface area contributed by atoms with E-state index in [4.69, 9.17) is 0 Å². The maximum Gasteiger partial charge on any atom is 0.251 e. The van der Waals surface area contributed by atoms with Crippen molar-refractivity contribution in [1.82, 2.24) is 5.32 Å². The number of aliphatic hydroxyl groups is 1. The van der Waals surface area contributed by atoms with Crippen LogP contribution in [0.15, 0.2) is 53.0 Å². The lowest BCUT2D eigenvalue weighted by atomic mass is 10.1. The third-order valence-corrected chi connectivity index (χ3v) is 3.51. The zero-order valence-corrected chi connectivity index (χ0v) is 12.1. The van der Waals surface area contributed by atoms with Crippen molar-refractivity contribution in [2.45, 2.75) is 6.04 Å². The lowest BCUT2D eigenvalue weighted by Crippen LogP contribution is -2.30. The van der Waals surface area contributed by atoms with E-state index in [1.54, 1.807) is 0 Å². The molecule has 0 aliphatic carbocycles. The molecule has 0 unspecified atom stereocenters. The first-order valence-electron chi connectivity index (χ1n) is 6.03. The number of nitrogens with one attached hydrogen (secondary N) is 1. The molecule has 1 atom stereocenters. The summed E-state index contributed by atoms with van der Waals surface area (Å²) < 4.78 is 13.7. The summed E-state index contributed by atoms with van der Waals surface area (Å²) in [7, 11) is 0. The average molecular weight is 338 g/mol. The quantitative estimate of drug-likeness (QED) is 0.900. The van der Waals surface area contributed by atoms with Gasteiger partial charge in [0.05, 0.1) is 17.1 Å². The Balaban J connectivity index is 2.15. The van der Waals surface area contributed by atoms with Crippen molar-refractivity contribution in [2.24, 2.45) is 0 Å². The Morgan fingerprint density at radius 2 is 1.95 bits per heavy atom. The molecule has 2 aromatic carbocycles. The lowest BCUT2D eigenvalue weighted by molar-refractivity contribution is 0.0915. The summed E-state index contributed by atoms with van der Waals surface area (Å²) in [5.74, 6) is -0.933. The molecule has 2 aromatic rings. The second-order valence-electron chi connectivity index (χ2n) is 4.25. The normalized spacial score (nSPS) is 11.9. The van der Waals surface area contributed by atoms with Gasteiger partial charge in [0.1, 0.15) is 5.82 Å². The maximum absolute atomic E-state index is 13.4. The van der Waals surface area contributed by atoms with Crippen molar-refractivity contribution in [3.8, 4) is 0 Å². The van der Waals surface area contributed by atoms with Crippen LogP contribution < -0.4 is 5.32 Å². The smallest absolute Gasteiger partial charge is 0.251 e. The number of carbonyl (C=O) groups excluding carboxylic acids is 1. The van der Waals surface area contributed by atoms with Gasteiger partial charge in [0.2, 0.25) is 0 Å². The molecular weight excluding hydrogens is 325 g/mol. The van der Waals surface area contributed by atoms with E-state index in [0.29, 0.717) is 4.47 Å². The minimum atomic E-state index is -0.518. The molecule has 0 saturated heterocycles. The summed E-state index contributed by atoms with van der Waals surface area (Å²) in [6.45, 7) is -0.227. The number of rotatable bonds is 4. The molecule has 0 fully saturated rings. The Morgan fingerprint density at radius 3 is 2.55 bits per heavy atom. The zero-order valence-electron chi connectivity index (χ0n) is 10.5. The van der Waals surface area contributed by atoms with Gasteiger partial charge in [-0.15, -0.1) is 0 Å². The highest BCUT2D eigenvalue weighted by Gasteiger charge is 2.15. The summed E-state index contributed by atoms with van der Waals surface area (Å²) in [5.41, 5.74) is 1.00. The van der Waals surface area contributed by atoms with Crippen LogP contribution in [0.2, 0.25) is 0 Å². The molecule has 0 saturated carbocycles. The van der Waals surface area contributed by atoms with Gasteiger partial charge in [-0.25, -0.2) is 4.39 Å². The van der Waals surface area contributed by atoms with Crippen LogP contribution in [0.1, 0.15) is 22.0 Å². The molecular formula is C15H13BrFNO2. The molecule has 0 aromatic heterocycles. The molecule has 104 valence electrons. The molecule has 0 radical (unpaired) electrons. The predicted molar refractivity (Wildman–Crippen MR) is 77.8 cm³/mol. The fourth-order valence-corrected chi connectivity index (χ4v) is 2.05. The molecule has 0 aliphatic heterocycles. The monoisotopic (exact) mass is 337 g/mol. The third-order valence-electron chi connectivity index (χ3n) is 2.87. The van der Waals surface area contributed by atoms with Crippen molar-refractivity contribution in [3.63, 3.8) is 0 Å². The van der Waals surface area contributed by atoms with Crippen LogP contribution in [0.5, 0.6) is 0 Å². The standard InChI is InChI=1S/C15H13BrFNO2/c16-12-7-6-11(8-13(12)17)15(20)18-14(9-19)10-4-2-1-3-5-10/h1-8,14,19H,9H2,(H,18,20)/t14-/m1/s1. The number of carbonyl (C=O) groups is 1. The molecule has 3 nitrogen and oxygen atoms in total. The van der Waals surface area contributed by atoms with Crippen molar-refractivity contribution in [1.29, 1.82) is 0 Å². The molecule has 0 heterocycles. The fourth-order valence-electron chi connectivity index (χ4n) is 1.80. The van der Waals surface area contributed by atoms with E-state index in [0.717, 1.165) is 11.6 Å². The fraction of sp³-hybridized carbons (Fsp3) is 0.133. The van der Waals surface area contributed by atoms with Crippen molar-refractivity contribution < 1.29 is 14.3 Å².